The Balaban J connectivity index is 1.86. The van der Waals surface area contributed by atoms with Gasteiger partial charge in [0.15, 0.2) is 11.5 Å². The Kier molecular flexibility index (Phi) is 6.69. The minimum atomic E-state index is -0.534. The molecule has 1 aromatic carbocycles. The van der Waals surface area contributed by atoms with E-state index in [4.69, 9.17) is 14.7 Å². The van der Waals surface area contributed by atoms with Crippen molar-refractivity contribution in [3.8, 4) is 17.6 Å². The summed E-state index contributed by atoms with van der Waals surface area (Å²) < 4.78 is 11.2. The van der Waals surface area contributed by atoms with Crippen molar-refractivity contribution in [3.63, 3.8) is 0 Å². The number of rotatable bonds is 7. The maximum atomic E-state index is 10.2. The van der Waals surface area contributed by atoms with Gasteiger partial charge in [-0.2, -0.15) is 5.26 Å². The quantitative estimate of drug-likeness (QED) is 0.836. The molecule has 1 unspecified atom stereocenters. The van der Waals surface area contributed by atoms with Crippen molar-refractivity contribution < 1.29 is 14.6 Å². The van der Waals surface area contributed by atoms with Gasteiger partial charge in [0.25, 0.3) is 0 Å². The van der Waals surface area contributed by atoms with Crippen LogP contribution in [0.15, 0.2) is 18.2 Å². The molecule has 0 aromatic heterocycles. The molecule has 1 fully saturated rings. The monoisotopic (exact) mass is 318 g/mol. The highest BCUT2D eigenvalue weighted by Crippen LogP contribution is 2.28. The average Bonchev–Trinajstić information content (AvgIpc) is 2.56. The Morgan fingerprint density at radius 3 is 2.70 bits per heavy atom. The molecular formula is C18H26N2O3. The molecule has 126 valence electrons. The van der Waals surface area contributed by atoms with Crippen LogP contribution in [0.25, 0.3) is 0 Å². The summed E-state index contributed by atoms with van der Waals surface area (Å²) >= 11 is 0. The predicted molar refractivity (Wildman–Crippen MR) is 88.7 cm³/mol. The van der Waals surface area contributed by atoms with Gasteiger partial charge in [-0.3, -0.25) is 0 Å². The van der Waals surface area contributed by atoms with Crippen LogP contribution < -0.4 is 9.47 Å². The van der Waals surface area contributed by atoms with Crippen molar-refractivity contribution in [1.82, 2.24) is 4.90 Å². The van der Waals surface area contributed by atoms with Crippen molar-refractivity contribution in [3.05, 3.63) is 23.8 Å². The maximum absolute atomic E-state index is 10.2. The lowest BCUT2D eigenvalue weighted by molar-refractivity contribution is 0.0553. The first kappa shape index (κ1) is 17.6. The molecule has 1 heterocycles. The van der Waals surface area contributed by atoms with E-state index in [2.05, 4.69) is 17.9 Å². The first-order chi connectivity index (χ1) is 11.1. The molecule has 0 radical (unpaired) electrons. The second-order valence-electron chi connectivity index (χ2n) is 6.15. The van der Waals surface area contributed by atoms with E-state index in [1.54, 1.807) is 18.2 Å². The topological polar surface area (TPSA) is 65.7 Å². The molecule has 1 N–H and O–H groups in total. The summed E-state index contributed by atoms with van der Waals surface area (Å²) in [7, 11) is 0. The van der Waals surface area contributed by atoms with Crippen molar-refractivity contribution in [1.29, 1.82) is 5.26 Å². The Bertz CT molecular complexity index is 534. The van der Waals surface area contributed by atoms with E-state index in [1.165, 1.54) is 12.8 Å². The van der Waals surface area contributed by atoms with Gasteiger partial charge in [0.1, 0.15) is 12.7 Å². The number of nitrogens with zero attached hydrogens (tertiary/aromatic N) is 2. The SMILES string of the molecule is CCOc1cc(C#N)ccc1OCC(O)CN1CCC(C)CC1. The molecular weight excluding hydrogens is 292 g/mol. The molecule has 0 spiro atoms. The lowest BCUT2D eigenvalue weighted by Gasteiger charge is -2.31. The molecule has 5 heteroatoms. The first-order valence-electron chi connectivity index (χ1n) is 8.32. The van der Waals surface area contributed by atoms with Gasteiger partial charge in [-0.25, -0.2) is 0 Å². The van der Waals surface area contributed by atoms with Crippen molar-refractivity contribution >= 4 is 0 Å². The third kappa shape index (κ3) is 5.42. The van der Waals surface area contributed by atoms with Crippen molar-refractivity contribution in [2.24, 2.45) is 5.92 Å². The van der Waals surface area contributed by atoms with Gasteiger partial charge in [-0.05, 0) is 50.9 Å². The standard InChI is InChI=1S/C18H26N2O3/c1-3-22-18-10-15(11-19)4-5-17(18)23-13-16(21)12-20-8-6-14(2)7-9-20/h4-5,10,14,16,21H,3,6-9,12-13H2,1-2H3. The lowest BCUT2D eigenvalue weighted by Crippen LogP contribution is -2.40. The third-order valence-corrected chi connectivity index (χ3v) is 4.15. The number of aliphatic hydroxyl groups excluding tert-OH is 1. The van der Waals surface area contributed by atoms with Gasteiger partial charge in [0, 0.05) is 12.6 Å². The van der Waals surface area contributed by atoms with Crippen LogP contribution in [-0.2, 0) is 0 Å². The number of benzene rings is 1. The summed E-state index contributed by atoms with van der Waals surface area (Å²) in [5.41, 5.74) is 0.531. The normalized spacial score (nSPS) is 17.5. The maximum Gasteiger partial charge on any atom is 0.162 e. The van der Waals surface area contributed by atoms with Crippen LogP contribution in [0.3, 0.4) is 0 Å². The highest BCUT2D eigenvalue weighted by molar-refractivity contribution is 5.46. The Morgan fingerprint density at radius 1 is 1.30 bits per heavy atom. The summed E-state index contributed by atoms with van der Waals surface area (Å²) in [6, 6.07) is 7.16. The summed E-state index contributed by atoms with van der Waals surface area (Å²) in [5, 5.41) is 19.1. The van der Waals surface area contributed by atoms with Crippen LogP contribution in [0.5, 0.6) is 11.5 Å². The fourth-order valence-corrected chi connectivity index (χ4v) is 2.75. The van der Waals surface area contributed by atoms with E-state index < -0.39 is 6.10 Å². The van der Waals surface area contributed by atoms with Gasteiger partial charge >= 0.3 is 0 Å². The van der Waals surface area contributed by atoms with Crippen LogP contribution in [-0.4, -0.2) is 49.0 Å². The summed E-state index contributed by atoms with van der Waals surface area (Å²) in [4.78, 5) is 2.29. The van der Waals surface area contributed by atoms with Gasteiger partial charge in [0.05, 0.1) is 18.2 Å². The molecule has 23 heavy (non-hydrogen) atoms. The molecule has 1 saturated heterocycles. The van der Waals surface area contributed by atoms with Gasteiger partial charge < -0.3 is 19.5 Å². The number of hydrogen-bond acceptors (Lipinski definition) is 5. The molecule has 0 amide bonds. The van der Waals surface area contributed by atoms with Crippen LogP contribution in [0.4, 0.5) is 0 Å². The first-order valence-corrected chi connectivity index (χ1v) is 8.32. The zero-order valence-corrected chi connectivity index (χ0v) is 14.0. The molecule has 0 bridgehead atoms. The molecule has 2 rings (SSSR count). The second-order valence-corrected chi connectivity index (χ2v) is 6.15. The van der Waals surface area contributed by atoms with Crippen LogP contribution in [0, 0.1) is 17.2 Å². The van der Waals surface area contributed by atoms with Crippen LogP contribution >= 0.6 is 0 Å². The molecule has 5 nitrogen and oxygen atoms in total. The zero-order chi connectivity index (χ0) is 16.7. The number of ether oxygens (including phenoxy) is 2. The molecule has 1 aliphatic rings. The fourth-order valence-electron chi connectivity index (χ4n) is 2.75. The van der Waals surface area contributed by atoms with E-state index in [1.807, 2.05) is 6.92 Å². The minimum Gasteiger partial charge on any atom is -0.490 e. The van der Waals surface area contributed by atoms with Crippen LogP contribution in [0.1, 0.15) is 32.3 Å². The zero-order valence-electron chi connectivity index (χ0n) is 14.0. The number of piperidine rings is 1. The van der Waals surface area contributed by atoms with Gasteiger partial charge in [-0.15, -0.1) is 0 Å². The van der Waals surface area contributed by atoms with Gasteiger partial charge in [0.2, 0.25) is 0 Å². The molecule has 1 aromatic rings. The molecule has 0 aliphatic carbocycles. The number of aliphatic hydroxyl groups is 1. The van der Waals surface area contributed by atoms with Crippen LogP contribution in [0.2, 0.25) is 0 Å². The minimum absolute atomic E-state index is 0.220. The molecule has 1 aliphatic heterocycles. The summed E-state index contributed by atoms with van der Waals surface area (Å²) in [6.45, 7) is 7.59. The average molecular weight is 318 g/mol. The molecule has 1 atom stereocenters. The largest absolute Gasteiger partial charge is 0.490 e. The van der Waals surface area contributed by atoms with Gasteiger partial charge in [-0.1, -0.05) is 6.92 Å². The second kappa shape index (κ2) is 8.76. The van der Waals surface area contributed by atoms with E-state index in [9.17, 15) is 5.11 Å². The predicted octanol–water partition coefficient (Wildman–Crippen LogP) is 2.43. The summed E-state index contributed by atoms with van der Waals surface area (Å²) in [6.07, 6.45) is 1.85. The summed E-state index contributed by atoms with van der Waals surface area (Å²) in [5.74, 6) is 1.90. The third-order valence-electron chi connectivity index (χ3n) is 4.15. The van der Waals surface area contributed by atoms with E-state index in [-0.39, 0.29) is 6.61 Å². The van der Waals surface area contributed by atoms with Crippen molar-refractivity contribution in [2.45, 2.75) is 32.8 Å². The lowest BCUT2D eigenvalue weighted by atomic mass is 9.99. The fraction of sp³-hybridized carbons (Fsp3) is 0.611. The highest BCUT2D eigenvalue weighted by atomic mass is 16.5. The Labute approximate surface area is 138 Å². The van der Waals surface area contributed by atoms with E-state index >= 15 is 0 Å². The number of β-amino-alcohol motifs (C(OH)–C–C–N with tert-alkyl or cyclic N) is 1. The number of hydrogen-bond donors (Lipinski definition) is 1. The number of likely N-dealkylation sites (tertiary alicyclic amines) is 1. The Morgan fingerprint density at radius 2 is 2.04 bits per heavy atom. The van der Waals surface area contributed by atoms with E-state index in [0.29, 0.717) is 30.2 Å². The smallest absolute Gasteiger partial charge is 0.162 e. The highest BCUT2D eigenvalue weighted by Gasteiger charge is 2.19. The van der Waals surface area contributed by atoms with Crippen molar-refractivity contribution in [2.75, 3.05) is 32.8 Å². The molecule has 0 saturated carbocycles. The van der Waals surface area contributed by atoms with E-state index in [0.717, 1.165) is 19.0 Å². The number of nitriles is 1. The Hall–Kier alpha value is -1.77.